The molecule has 32 heavy (non-hydrogen) atoms. The summed E-state index contributed by atoms with van der Waals surface area (Å²) in [7, 11) is 0. The summed E-state index contributed by atoms with van der Waals surface area (Å²) >= 11 is 0. The number of carbonyl (C=O) groups is 1. The number of benzene rings is 1. The van der Waals surface area contributed by atoms with E-state index in [2.05, 4.69) is 36.0 Å². The standard InChI is InChI=1S/C27H36FN3O.H2/c1-26(2,3)10-14-31-15-11-27(12-16-31)9-8-24(22-7-6-21(28)18-23(22)27)30-25(32)17-20-5-4-13-29-19-20;/h4-7,13,18-19,24H,8-12,14-17H2,1-3H3,(H,30,32);1H/t24-;/m1./s1. The van der Waals surface area contributed by atoms with Crippen LogP contribution >= 0.6 is 0 Å². The zero-order chi connectivity index (χ0) is 22.8. The Bertz CT molecular complexity index is 936. The molecule has 2 aliphatic rings. The van der Waals surface area contributed by atoms with Crippen LogP contribution in [0.5, 0.6) is 0 Å². The first-order chi connectivity index (χ1) is 15.2. The number of fused-ring (bicyclic) bond motifs is 2. The van der Waals surface area contributed by atoms with E-state index in [0.717, 1.165) is 62.0 Å². The number of likely N-dealkylation sites (tertiary alicyclic amines) is 1. The summed E-state index contributed by atoms with van der Waals surface area (Å²) in [5.74, 6) is -0.188. The highest BCUT2D eigenvalue weighted by Crippen LogP contribution is 2.48. The lowest BCUT2D eigenvalue weighted by molar-refractivity contribution is -0.121. The van der Waals surface area contributed by atoms with Crippen LogP contribution in [0.15, 0.2) is 42.7 Å². The molecule has 1 aromatic carbocycles. The fraction of sp³-hybridized carbons (Fsp3) is 0.556. The molecule has 0 radical (unpaired) electrons. The summed E-state index contributed by atoms with van der Waals surface area (Å²) in [6, 6.07) is 8.88. The van der Waals surface area contributed by atoms with Gasteiger partial charge in [-0.1, -0.05) is 32.9 Å². The van der Waals surface area contributed by atoms with Gasteiger partial charge in [0.2, 0.25) is 5.91 Å². The molecule has 1 aliphatic carbocycles. The highest BCUT2D eigenvalue weighted by atomic mass is 19.1. The third-order valence-electron chi connectivity index (χ3n) is 7.29. The van der Waals surface area contributed by atoms with Crippen LogP contribution in [0.3, 0.4) is 0 Å². The van der Waals surface area contributed by atoms with Gasteiger partial charge < -0.3 is 10.2 Å². The fourth-order valence-corrected chi connectivity index (χ4v) is 5.30. The predicted octanol–water partition coefficient (Wildman–Crippen LogP) is 5.43. The van der Waals surface area contributed by atoms with Crippen molar-refractivity contribution >= 4 is 5.91 Å². The Morgan fingerprint density at radius 2 is 2.03 bits per heavy atom. The van der Waals surface area contributed by atoms with E-state index < -0.39 is 0 Å². The minimum atomic E-state index is -0.180. The molecule has 5 heteroatoms. The van der Waals surface area contributed by atoms with Crippen molar-refractivity contribution in [3.05, 3.63) is 65.2 Å². The van der Waals surface area contributed by atoms with Gasteiger partial charge in [0.15, 0.2) is 0 Å². The average molecular weight is 440 g/mol. The van der Waals surface area contributed by atoms with Crippen molar-refractivity contribution in [3.8, 4) is 0 Å². The lowest BCUT2D eigenvalue weighted by atomic mass is 9.63. The smallest absolute Gasteiger partial charge is 0.224 e. The highest BCUT2D eigenvalue weighted by Gasteiger charge is 2.42. The number of aromatic nitrogens is 1. The zero-order valence-corrected chi connectivity index (χ0v) is 19.7. The Balaban J connectivity index is 0.00000306. The van der Waals surface area contributed by atoms with E-state index in [9.17, 15) is 9.18 Å². The molecule has 2 heterocycles. The van der Waals surface area contributed by atoms with Gasteiger partial charge in [-0.2, -0.15) is 0 Å². The number of nitrogens with one attached hydrogen (secondary N) is 1. The molecule has 0 bridgehead atoms. The highest BCUT2D eigenvalue weighted by molar-refractivity contribution is 5.79. The molecular weight excluding hydrogens is 401 g/mol. The summed E-state index contributed by atoms with van der Waals surface area (Å²) in [5, 5.41) is 3.21. The maximum absolute atomic E-state index is 14.3. The van der Waals surface area contributed by atoms with Crippen molar-refractivity contribution in [2.45, 2.75) is 70.8 Å². The number of hydrogen-bond donors (Lipinski definition) is 1. The molecule has 1 fully saturated rings. The molecule has 4 rings (SSSR count). The molecule has 0 saturated carbocycles. The van der Waals surface area contributed by atoms with Gasteiger partial charge in [0.1, 0.15) is 5.82 Å². The number of rotatable bonds is 5. The predicted molar refractivity (Wildman–Crippen MR) is 128 cm³/mol. The Kier molecular flexibility index (Phi) is 6.66. The van der Waals surface area contributed by atoms with Crippen LogP contribution in [-0.4, -0.2) is 35.4 Å². The topological polar surface area (TPSA) is 45.2 Å². The Labute approximate surface area is 193 Å². The summed E-state index contributed by atoms with van der Waals surface area (Å²) in [6.45, 7) is 10.1. The molecule has 1 aromatic heterocycles. The first-order valence-electron chi connectivity index (χ1n) is 11.9. The number of hydrogen-bond acceptors (Lipinski definition) is 3. The Morgan fingerprint density at radius 3 is 2.72 bits per heavy atom. The third kappa shape index (κ3) is 5.37. The third-order valence-corrected chi connectivity index (χ3v) is 7.29. The van der Waals surface area contributed by atoms with Gasteiger partial charge in [-0.25, -0.2) is 4.39 Å². The van der Waals surface area contributed by atoms with Gasteiger partial charge in [0, 0.05) is 13.8 Å². The second kappa shape index (κ2) is 9.30. The lowest BCUT2D eigenvalue weighted by Crippen LogP contribution is -2.47. The first kappa shape index (κ1) is 22.9. The van der Waals surface area contributed by atoms with E-state index in [1.54, 1.807) is 18.5 Å². The molecule has 2 aromatic rings. The SMILES string of the molecule is CC(C)(C)CCN1CCC2(CC[C@@H](NC(=O)Cc3cccnc3)c3ccc(F)cc32)CC1.[HH]. The number of pyridine rings is 1. The molecule has 1 N–H and O–H groups in total. The van der Waals surface area contributed by atoms with E-state index in [1.165, 1.54) is 12.5 Å². The Hall–Kier alpha value is -2.27. The fourth-order valence-electron chi connectivity index (χ4n) is 5.30. The van der Waals surface area contributed by atoms with Crippen molar-refractivity contribution in [2.75, 3.05) is 19.6 Å². The van der Waals surface area contributed by atoms with E-state index in [0.29, 0.717) is 11.8 Å². The molecule has 4 nitrogen and oxygen atoms in total. The van der Waals surface area contributed by atoms with Crippen molar-refractivity contribution in [1.82, 2.24) is 15.2 Å². The number of amides is 1. The van der Waals surface area contributed by atoms with Crippen LogP contribution < -0.4 is 5.32 Å². The molecule has 1 atom stereocenters. The van der Waals surface area contributed by atoms with E-state index in [4.69, 9.17) is 0 Å². The van der Waals surface area contributed by atoms with E-state index >= 15 is 0 Å². The average Bonchev–Trinajstić information content (AvgIpc) is 2.76. The van der Waals surface area contributed by atoms with Crippen molar-refractivity contribution < 1.29 is 10.6 Å². The monoisotopic (exact) mass is 439 g/mol. The minimum absolute atomic E-state index is 0. The number of nitrogens with zero attached hydrogens (tertiary/aromatic N) is 2. The van der Waals surface area contributed by atoms with Gasteiger partial charge in [0.05, 0.1) is 12.5 Å². The summed E-state index contributed by atoms with van der Waals surface area (Å²) in [5.41, 5.74) is 3.49. The first-order valence-corrected chi connectivity index (χ1v) is 11.9. The van der Waals surface area contributed by atoms with E-state index in [-0.39, 0.29) is 24.6 Å². The number of carbonyl (C=O) groups excluding carboxylic acids is 1. The quantitative estimate of drug-likeness (QED) is 0.676. The number of halogens is 1. The minimum Gasteiger partial charge on any atom is -0.349 e. The Morgan fingerprint density at radius 1 is 1.25 bits per heavy atom. The van der Waals surface area contributed by atoms with Crippen LogP contribution in [0.1, 0.15) is 77.0 Å². The molecular formula is C27H38FN3O. The maximum Gasteiger partial charge on any atom is 0.224 e. The maximum atomic E-state index is 14.3. The lowest BCUT2D eigenvalue weighted by Gasteiger charge is -2.47. The molecule has 1 saturated heterocycles. The second-order valence-electron chi connectivity index (χ2n) is 10.9. The molecule has 1 amide bonds. The normalized spacial score (nSPS) is 20.7. The van der Waals surface area contributed by atoms with Crippen LogP contribution in [0.2, 0.25) is 0 Å². The van der Waals surface area contributed by atoms with Gasteiger partial charge in [-0.3, -0.25) is 9.78 Å². The summed E-state index contributed by atoms with van der Waals surface area (Å²) < 4.78 is 14.3. The van der Waals surface area contributed by atoms with Crippen LogP contribution in [0, 0.1) is 11.2 Å². The van der Waals surface area contributed by atoms with Gasteiger partial charge in [-0.05, 0) is 97.5 Å². The number of piperidine rings is 1. The van der Waals surface area contributed by atoms with Crippen molar-refractivity contribution in [1.29, 1.82) is 0 Å². The van der Waals surface area contributed by atoms with Crippen molar-refractivity contribution in [3.63, 3.8) is 0 Å². The summed E-state index contributed by atoms with van der Waals surface area (Å²) in [4.78, 5) is 19.4. The van der Waals surface area contributed by atoms with E-state index in [1.807, 2.05) is 18.2 Å². The zero-order valence-electron chi connectivity index (χ0n) is 19.7. The van der Waals surface area contributed by atoms with Gasteiger partial charge in [-0.15, -0.1) is 0 Å². The van der Waals surface area contributed by atoms with Crippen LogP contribution in [-0.2, 0) is 16.6 Å². The second-order valence-corrected chi connectivity index (χ2v) is 10.9. The largest absolute Gasteiger partial charge is 0.349 e. The van der Waals surface area contributed by atoms with Crippen LogP contribution in [0.4, 0.5) is 4.39 Å². The van der Waals surface area contributed by atoms with Crippen LogP contribution in [0.25, 0.3) is 0 Å². The van der Waals surface area contributed by atoms with Gasteiger partial charge in [0.25, 0.3) is 0 Å². The molecule has 1 spiro atoms. The van der Waals surface area contributed by atoms with Gasteiger partial charge >= 0.3 is 0 Å². The van der Waals surface area contributed by atoms with Crippen molar-refractivity contribution in [2.24, 2.45) is 5.41 Å². The molecule has 1 aliphatic heterocycles. The molecule has 174 valence electrons. The molecule has 0 unspecified atom stereocenters. The summed E-state index contributed by atoms with van der Waals surface area (Å²) in [6.07, 6.45) is 8.96.